The van der Waals surface area contributed by atoms with Gasteiger partial charge < -0.3 is 9.30 Å². The van der Waals surface area contributed by atoms with Crippen LogP contribution in [0.15, 0.2) is 24.3 Å². The van der Waals surface area contributed by atoms with Gasteiger partial charge in [0.2, 0.25) is 0 Å². The zero-order valence-electron chi connectivity index (χ0n) is 15.1. The molecule has 2 aromatic rings. The molecular formula is C19H19N3O4. The Labute approximate surface area is 151 Å². The third-order valence-corrected chi connectivity index (χ3v) is 4.26. The van der Waals surface area contributed by atoms with Gasteiger partial charge in [-0.15, -0.1) is 0 Å². The number of hydrogen-bond donors (Lipinski definition) is 0. The summed E-state index contributed by atoms with van der Waals surface area (Å²) < 4.78 is 6.93. The second-order valence-electron chi connectivity index (χ2n) is 5.72. The quantitative estimate of drug-likeness (QED) is 0.352. The summed E-state index contributed by atoms with van der Waals surface area (Å²) in [5, 5.41) is 20.3. The summed E-state index contributed by atoms with van der Waals surface area (Å²) in [6.45, 7) is 5.64. The Morgan fingerprint density at radius 2 is 1.96 bits per heavy atom. The molecule has 0 bridgehead atoms. The Bertz CT molecular complexity index is 931. The summed E-state index contributed by atoms with van der Waals surface area (Å²) in [7, 11) is 1.81. The minimum Gasteiger partial charge on any atom is -0.462 e. The number of benzene rings is 1. The molecule has 0 radical (unpaired) electrons. The monoisotopic (exact) mass is 353 g/mol. The van der Waals surface area contributed by atoms with Gasteiger partial charge in [-0.25, -0.2) is 4.79 Å². The fraction of sp³-hybridized carbons (Fsp3) is 0.263. The van der Waals surface area contributed by atoms with Crippen LogP contribution in [-0.2, 0) is 11.8 Å². The zero-order chi connectivity index (χ0) is 19.4. The number of rotatable bonds is 5. The van der Waals surface area contributed by atoms with Crippen molar-refractivity contribution in [2.75, 3.05) is 6.61 Å². The van der Waals surface area contributed by atoms with Crippen LogP contribution in [0.2, 0.25) is 0 Å². The highest BCUT2D eigenvalue weighted by Gasteiger charge is 2.21. The number of nitro groups is 1. The molecule has 0 saturated carbocycles. The molecule has 0 fully saturated rings. The number of esters is 1. The summed E-state index contributed by atoms with van der Waals surface area (Å²) in [6.07, 6.45) is 1.67. The second-order valence-corrected chi connectivity index (χ2v) is 5.72. The van der Waals surface area contributed by atoms with E-state index in [1.807, 2.05) is 18.5 Å². The van der Waals surface area contributed by atoms with Crippen LogP contribution in [0.25, 0.3) is 11.6 Å². The first-order chi connectivity index (χ1) is 12.3. The van der Waals surface area contributed by atoms with Gasteiger partial charge in [0.1, 0.15) is 0 Å². The van der Waals surface area contributed by atoms with Crippen molar-refractivity contribution in [1.29, 1.82) is 5.26 Å². The average Bonchev–Trinajstić information content (AvgIpc) is 2.82. The third-order valence-electron chi connectivity index (χ3n) is 4.26. The van der Waals surface area contributed by atoms with Crippen LogP contribution in [0.1, 0.15) is 39.8 Å². The average molecular weight is 353 g/mol. The summed E-state index contributed by atoms with van der Waals surface area (Å²) >= 11 is 0. The van der Waals surface area contributed by atoms with E-state index in [2.05, 4.69) is 6.07 Å². The summed E-state index contributed by atoms with van der Waals surface area (Å²) in [5.41, 5.74) is 3.53. The number of nitriles is 1. The lowest BCUT2D eigenvalue weighted by atomic mass is 10.0. The van der Waals surface area contributed by atoms with Crippen LogP contribution in [0.3, 0.4) is 0 Å². The van der Waals surface area contributed by atoms with Gasteiger partial charge in [-0.3, -0.25) is 10.1 Å². The van der Waals surface area contributed by atoms with E-state index in [9.17, 15) is 20.2 Å². The van der Waals surface area contributed by atoms with E-state index in [-0.39, 0.29) is 12.3 Å². The van der Waals surface area contributed by atoms with Crippen LogP contribution in [0.5, 0.6) is 0 Å². The standard InChI is InChI=1S/C19H19N3O4/c1-5-26-19(23)18-12(2)17(21(4)13(18)3)10-15(11-20)14-6-8-16(9-7-14)22(24)25/h6-10H,5H2,1-4H3/b15-10+. The Morgan fingerprint density at radius 3 is 2.46 bits per heavy atom. The fourth-order valence-corrected chi connectivity index (χ4v) is 2.79. The number of carbonyl (C=O) groups is 1. The number of nitro benzene ring substituents is 1. The molecule has 0 atom stereocenters. The maximum atomic E-state index is 12.2. The van der Waals surface area contributed by atoms with Crippen LogP contribution < -0.4 is 0 Å². The number of carbonyl (C=O) groups excluding carboxylic acids is 1. The molecule has 7 heteroatoms. The Balaban J connectivity index is 2.53. The van der Waals surface area contributed by atoms with Crippen LogP contribution >= 0.6 is 0 Å². The predicted octanol–water partition coefficient (Wildman–Crippen LogP) is 3.79. The fourth-order valence-electron chi connectivity index (χ4n) is 2.79. The molecule has 0 aliphatic carbocycles. The van der Waals surface area contributed by atoms with Crippen molar-refractivity contribution in [1.82, 2.24) is 4.57 Å². The molecular weight excluding hydrogens is 334 g/mol. The lowest BCUT2D eigenvalue weighted by Crippen LogP contribution is -2.07. The van der Waals surface area contributed by atoms with Crippen molar-refractivity contribution in [3.63, 3.8) is 0 Å². The van der Waals surface area contributed by atoms with Crippen LogP contribution in [0, 0.1) is 35.3 Å². The molecule has 0 amide bonds. The van der Waals surface area contributed by atoms with Crippen molar-refractivity contribution in [2.24, 2.45) is 7.05 Å². The van der Waals surface area contributed by atoms with E-state index in [4.69, 9.17) is 4.74 Å². The summed E-state index contributed by atoms with van der Waals surface area (Å²) in [6, 6.07) is 7.89. The molecule has 1 heterocycles. The van der Waals surface area contributed by atoms with Gasteiger partial charge >= 0.3 is 5.97 Å². The minimum absolute atomic E-state index is 0.0403. The van der Waals surface area contributed by atoms with Gasteiger partial charge in [0.25, 0.3) is 5.69 Å². The normalized spacial score (nSPS) is 11.1. The molecule has 0 spiro atoms. The van der Waals surface area contributed by atoms with E-state index < -0.39 is 10.9 Å². The van der Waals surface area contributed by atoms with Gasteiger partial charge in [-0.1, -0.05) is 0 Å². The Kier molecular flexibility index (Phi) is 5.58. The van der Waals surface area contributed by atoms with E-state index in [0.717, 1.165) is 11.3 Å². The maximum absolute atomic E-state index is 12.2. The van der Waals surface area contributed by atoms with Crippen molar-refractivity contribution in [3.05, 3.63) is 62.5 Å². The van der Waals surface area contributed by atoms with Crippen molar-refractivity contribution in [3.8, 4) is 6.07 Å². The zero-order valence-corrected chi connectivity index (χ0v) is 15.1. The number of allylic oxidation sites excluding steroid dienone is 1. The number of aromatic nitrogens is 1. The molecule has 26 heavy (non-hydrogen) atoms. The van der Waals surface area contributed by atoms with Gasteiger partial charge in [0.15, 0.2) is 0 Å². The lowest BCUT2D eigenvalue weighted by Gasteiger charge is -2.04. The van der Waals surface area contributed by atoms with Crippen molar-refractivity contribution in [2.45, 2.75) is 20.8 Å². The van der Waals surface area contributed by atoms with Gasteiger partial charge in [0, 0.05) is 30.6 Å². The first-order valence-electron chi connectivity index (χ1n) is 8.01. The SMILES string of the molecule is CCOC(=O)c1c(C)c(/C=C(\C#N)c2ccc([N+](=O)[O-])cc2)n(C)c1C. The highest BCUT2D eigenvalue weighted by molar-refractivity contribution is 5.96. The molecule has 0 N–H and O–H groups in total. The number of ether oxygens (including phenoxy) is 1. The number of nitrogens with zero attached hydrogens (tertiary/aromatic N) is 3. The molecule has 0 saturated heterocycles. The molecule has 1 aromatic carbocycles. The first kappa shape index (κ1) is 18.9. The molecule has 0 unspecified atom stereocenters. The molecule has 2 rings (SSSR count). The largest absolute Gasteiger partial charge is 0.462 e. The lowest BCUT2D eigenvalue weighted by molar-refractivity contribution is -0.384. The number of hydrogen-bond acceptors (Lipinski definition) is 5. The van der Waals surface area contributed by atoms with Gasteiger partial charge in [-0.05, 0) is 50.1 Å². The smallest absolute Gasteiger partial charge is 0.340 e. The summed E-state index contributed by atoms with van der Waals surface area (Å²) in [5.74, 6) is -0.397. The first-order valence-corrected chi connectivity index (χ1v) is 8.01. The predicted molar refractivity (Wildman–Crippen MR) is 97.4 cm³/mol. The highest BCUT2D eigenvalue weighted by atomic mass is 16.6. The van der Waals surface area contributed by atoms with Gasteiger partial charge in [0.05, 0.1) is 28.7 Å². The van der Waals surface area contributed by atoms with E-state index in [1.165, 1.54) is 24.3 Å². The third kappa shape index (κ3) is 3.49. The van der Waals surface area contributed by atoms with E-state index >= 15 is 0 Å². The van der Waals surface area contributed by atoms with Crippen molar-refractivity contribution < 1.29 is 14.5 Å². The molecule has 1 aromatic heterocycles. The second kappa shape index (κ2) is 7.66. The minimum atomic E-state index is -0.490. The van der Waals surface area contributed by atoms with E-state index in [0.29, 0.717) is 22.4 Å². The Hall–Kier alpha value is -3.40. The van der Waals surface area contributed by atoms with Crippen molar-refractivity contribution >= 4 is 23.3 Å². The molecule has 134 valence electrons. The maximum Gasteiger partial charge on any atom is 0.340 e. The highest BCUT2D eigenvalue weighted by Crippen LogP contribution is 2.27. The van der Waals surface area contributed by atoms with E-state index in [1.54, 1.807) is 19.9 Å². The van der Waals surface area contributed by atoms with Crippen LogP contribution in [-0.4, -0.2) is 22.1 Å². The molecule has 7 nitrogen and oxygen atoms in total. The molecule has 0 aliphatic heterocycles. The summed E-state index contributed by atoms with van der Waals surface area (Å²) in [4.78, 5) is 22.5. The topological polar surface area (TPSA) is 98.2 Å². The van der Waals surface area contributed by atoms with Gasteiger partial charge in [-0.2, -0.15) is 5.26 Å². The Morgan fingerprint density at radius 1 is 1.35 bits per heavy atom. The molecule has 0 aliphatic rings. The number of non-ortho nitro benzene ring substituents is 1. The van der Waals surface area contributed by atoms with Crippen LogP contribution in [0.4, 0.5) is 5.69 Å².